The minimum Gasteiger partial charge on any atom is -0.497 e. The molecule has 0 radical (unpaired) electrons. The zero-order chi connectivity index (χ0) is 31.5. The maximum Gasteiger partial charge on any atom is 0.338 e. The molecule has 0 unspecified atom stereocenters. The van der Waals surface area contributed by atoms with Gasteiger partial charge in [-0.3, -0.25) is 14.5 Å². The molecule has 8 nitrogen and oxygen atoms in total. The first-order valence-corrected chi connectivity index (χ1v) is 14.3. The zero-order valence-corrected chi connectivity index (χ0v) is 24.5. The highest BCUT2D eigenvalue weighted by Crippen LogP contribution is 2.52. The topological polar surface area (TPSA) is 108 Å². The Bertz CT molecular complexity index is 1680. The average Bonchev–Trinajstić information content (AvgIpc) is 3.00. The van der Waals surface area contributed by atoms with Gasteiger partial charge in [0.15, 0.2) is 5.78 Å². The monoisotopic (exact) mass is 602 g/mol. The summed E-state index contributed by atoms with van der Waals surface area (Å²) >= 11 is 0. The maximum absolute atomic E-state index is 15.6. The second-order valence-electron chi connectivity index (χ2n) is 10.3. The van der Waals surface area contributed by atoms with Crippen molar-refractivity contribution in [2.24, 2.45) is 11.7 Å². The summed E-state index contributed by atoms with van der Waals surface area (Å²) in [4.78, 5) is 43.3. The number of anilines is 1. The maximum atomic E-state index is 15.6. The van der Waals surface area contributed by atoms with E-state index in [1.165, 1.54) is 48.4 Å². The summed E-state index contributed by atoms with van der Waals surface area (Å²) in [7, 11) is 1.50. The van der Waals surface area contributed by atoms with E-state index in [0.717, 1.165) is 0 Å². The largest absolute Gasteiger partial charge is 0.497 e. The summed E-state index contributed by atoms with van der Waals surface area (Å²) in [5.74, 6) is -6.62. The van der Waals surface area contributed by atoms with Crippen molar-refractivity contribution in [3.63, 3.8) is 0 Å². The highest BCUT2D eigenvalue weighted by Gasteiger charge is 2.52. The first-order chi connectivity index (χ1) is 21.2. The van der Waals surface area contributed by atoms with Crippen LogP contribution in [0.1, 0.15) is 43.2 Å². The van der Waals surface area contributed by atoms with Gasteiger partial charge in [0.05, 0.1) is 37.5 Å². The summed E-state index contributed by atoms with van der Waals surface area (Å²) < 4.78 is 46.3. The van der Waals surface area contributed by atoms with Gasteiger partial charge in [0.2, 0.25) is 0 Å². The van der Waals surface area contributed by atoms with Crippen LogP contribution in [0.15, 0.2) is 95.5 Å². The van der Waals surface area contributed by atoms with Gasteiger partial charge in [0.25, 0.3) is 0 Å². The van der Waals surface area contributed by atoms with Crippen LogP contribution in [0.2, 0.25) is 0 Å². The van der Waals surface area contributed by atoms with Gasteiger partial charge >= 0.3 is 11.9 Å². The number of halogens is 2. The lowest BCUT2D eigenvalue weighted by Crippen LogP contribution is -2.46. The number of esters is 2. The number of hydrogen-bond donors (Lipinski definition) is 1. The smallest absolute Gasteiger partial charge is 0.338 e. The van der Waals surface area contributed by atoms with E-state index >= 15 is 4.39 Å². The first kappa shape index (κ1) is 30.5. The van der Waals surface area contributed by atoms with Crippen LogP contribution in [-0.4, -0.2) is 38.0 Å². The van der Waals surface area contributed by atoms with Crippen LogP contribution in [0.25, 0.3) is 0 Å². The molecule has 1 aliphatic carbocycles. The molecule has 2 aliphatic rings. The highest BCUT2D eigenvalue weighted by atomic mass is 19.1. The van der Waals surface area contributed by atoms with E-state index < -0.39 is 47.1 Å². The number of ether oxygens (including phenoxy) is 3. The molecule has 0 bridgehead atoms. The van der Waals surface area contributed by atoms with Gasteiger partial charge in [0, 0.05) is 22.8 Å². The molecule has 0 saturated carbocycles. The van der Waals surface area contributed by atoms with Gasteiger partial charge in [-0.1, -0.05) is 36.4 Å². The predicted octanol–water partition coefficient (Wildman–Crippen LogP) is 5.50. The summed E-state index contributed by atoms with van der Waals surface area (Å²) in [6.45, 7) is 3.23. The Balaban J connectivity index is 1.84. The van der Waals surface area contributed by atoms with Crippen LogP contribution in [0.3, 0.4) is 0 Å². The number of hydrogen-bond acceptors (Lipinski definition) is 8. The molecule has 1 heterocycles. The fourth-order valence-corrected chi connectivity index (χ4v) is 6.05. The van der Waals surface area contributed by atoms with Gasteiger partial charge in [0.1, 0.15) is 29.1 Å². The van der Waals surface area contributed by atoms with Crippen LogP contribution >= 0.6 is 0 Å². The van der Waals surface area contributed by atoms with Crippen molar-refractivity contribution in [3.05, 3.63) is 118 Å². The number of methoxy groups -OCH3 is 1. The number of benzene rings is 3. The molecule has 10 heteroatoms. The van der Waals surface area contributed by atoms with E-state index in [2.05, 4.69) is 0 Å². The summed E-state index contributed by atoms with van der Waals surface area (Å²) in [5.41, 5.74) is 7.67. The summed E-state index contributed by atoms with van der Waals surface area (Å²) in [6, 6.07) is 18.2. The standard InChI is InChI=1S/C34H32F2N2O6/c1-4-43-33(40)28-24(19-10-8-13-22(16-19)42-3)18-26-29(31(28)39)27(23-14-6-7-15-25(23)36)30(34(41)44-5-2)32(37)38(26)21-12-9-11-20(35)17-21/h6-17,24,27-28H,4-5,18,37H2,1-3H3/t24-,27-,28+/m0/s1. The van der Waals surface area contributed by atoms with E-state index in [4.69, 9.17) is 19.9 Å². The number of carbonyl (C=O) groups excluding carboxylic acids is 3. The van der Waals surface area contributed by atoms with Gasteiger partial charge < -0.3 is 19.9 Å². The van der Waals surface area contributed by atoms with Crippen LogP contribution < -0.4 is 15.4 Å². The lowest BCUT2D eigenvalue weighted by molar-refractivity contribution is -0.152. The Labute approximate surface area is 253 Å². The molecular formula is C34H32F2N2O6. The molecule has 228 valence electrons. The van der Waals surface area contributed by atoms with Gasteiger partial charge in [-0.25, -0.2) is 13.6 Å². The molecule has 3 aromatic carbocycles. The molecule has 3 atom stereocenters. The number of nitrogens with two attached hydrogens (primary N) is 1. The van der Waals surface area contributed by atoms with E-state index in [1.54, 1.807) is 50.2 Å². The molecule has 3 aromatic rings. The van der Waals surface area contributed by atoms with Gasteiger partial charge in [-0.05, 0) is 62.2 Å². The lowest BCUT2D eigenvalue weighted by atomic mass is 9.66. The number of allylic oxidation sites excluding steroid dienone is 2. The van der Waals surface area contributed by atoms with Crippen LogP contribution in [-0.2, 0) is 23.9 Å². The van der Waals surface area contributed by atoms with Crippen molar-refractivity contribution >= 4 is 23.4 Å². The van der Waals surface area contributed by atoms with Crippen molar-refractivity contribution in [3.8, 4) is 5.75 Å². The second-order valence-corrected chi connectivity index (χ2v) is 10.3. The number of Topliss-reactive ketones (excluding diaryl/α,β-unsaturated/α-hetero) is 1. The Kier molecular flexibility index (Phi) is 8.80. The molecule has 5 rings (SSSR count). The Morgan fingerprint density at radius 1 is 0.955 bits per heavy atom. The second kappa shape index (κ2) is 12.7. The molecule has 0 saturated heterocycles. The molecule has 0 spiro atoms. The van der Waals surface area contributed by atoms with Crippen molar-refractivity contribution in [2.75, 3.05) is 25.2 Å². The Morgan fingerprint density at radius 2 is 1.68 bits per heavy atom. The van der Waals surface area contributed by atoms with Crippen LogP contribution in [0, 0.1) is 17.6 Å². The van der Waals surface area contributed by atoms with Gasteiger partial charge in [-0.15, -0.1) is 0 Å². The number of nitrogens with zero attached hydrogens (tertiary/aromatic N) is 1. The highest BCUT2D eigenvalue weighted by molar-refractivity contribution is 6.14. The minimum atomic E-state index is -1.34. The number of rotatable bonds is 8. The van der Waals surface area contributed by atoms with Crippen LogP contribution in [0.5, 0.6) is 5.75 Å². The van der Waals surface area contributed by atoms with Gasteiger partial charge in [-0.2, -0.15) is 0 Å². The van der Waals surface area contributed by atoms with E-state index in [1.807, 2.05) is 0 Å². The fraction of sp³-hybridized carbons (Fsp3) is 0.265. The van der Waals surface area contributed by atoms with E-state index in [0.29, 0.717) is 17.0 Å². The first-order valence-electron chi connectivity index (χ1n) is 14.3. The third-order valence-electron chi connectivity index (χ3n) is 7.88. The molecule has 0 amide bonds. The molecule has 0 aromatic heterocycles. The molecule has 1 aliphatic heterocycles. The SMILES string of the molecule is CCOC(=O)C1=C(N)N(c2cccc(F)c2)C2=C(C(=O)[C@H](C(=O)OCC)[C@H](c3cccc(OC)c3)C2)[C@@H]1c1ccccc1F. The Morgan fingerprint density at radius 3 is 2.36 bits per heavy atom. The zero-order valence-electron chi connectivity index (χ0n) is 24.5. The fourth-order valence-electron chi connectivity index (χ4n) is 6.05. The van der Waals surface area contributed by atoms with E-state index in [9.17, 15) is 18.8 Å². The third-order valence-corrected chi connectivity index (χ3v) is 7.88. The van der Waals surface area contributed by atoms with Crippen molar-refractivity contribution in [2.45, 2.75) is 32.1 Å². The molecule has 0 fully saturated rings. The summed E-state index contributed by atoms with van der Waals surface area (Å²) in [6.07, 6.45) is 0.0377. The van der Waals surface area contributed by atoms with Crippen molar-refractivity contribution in [1.82, 2.24) is 0 Å². The van der Waals surface area contributed by atoms with E-state index in [-0.39, 0.29) is 47.9 Å². The average molecular weight is 603 g/mol. The van der Waals surface area contributed by atoms with Crippen molar-refractivity contribution in [1.29, 1.82) is 0 Å². The Hall–Kier alpha value is -4.99. The number of carbonyl (C=O) groups is 3. The molecular weight excluding hydrogens is 570 g/mol. The predicted molar refractivity (Wildman–Crippen MR) is 158 cm³/mol. The normalized spacial score (nSPS) is 19.9. The van der Waals surface area contributed by atoms with Crippen LogP contribution in [0.4, 0.5) is 14.5 Å². The lowest BCUT2D eigenvalue weighted by Gasteiger charge is -2.44. The quantitative estimate of drug-likeness (QED) is 0.266. The minimum absolute atomic E-state index is 0.000634. The summed E-state index contributed by atoms with van der Waals surface area (Å²) in [5, 5.41) is 0. The third kappa shape index (κ3) is 5.43. The van der Waals surface area contributed by atoms with Crippen molar-refractivity contribution < 1.29 is 37.4 Å². The number of ketones is 1. The molecule has 44 heavy (non-hydrogen) atoms. The molecule has 2 N–H and O–H groups in total.